The van der Waals surface area contributed by atoms with Gasteiger partial charge in [-0.05, 0) is 89.5 Å². The third kappa shape index (κ3) is 23.2. The Balaban J connectivity index is 2.65. The summed E-state index contributed by atoms with van der Waals surface area (Å²) in [5, 5.41) is 34.3. The van der Waals surface area contributed by atoms with Gasteiger partial charge in [0, 0.05) is 19.4 Å². The van der Waals surface area contributed by atoms with Crippen LogP contribution in [0.3, 0.4) is 0 Å². The van der Waals surface area contributed by atoms with E-state index < -0.39 is 102 Å². The Morgan fingerprint density at radius 2 is 1.11 bits per heavy atom. The topological polar surface area (TPSA) is 386 Å². The molecule has 0 aromatic heterocycles. The van der Waals surface area contributed by atoms with Crippen molar-refractivity contribution >= 4 is 53.2 Å². The maximum absolute atomic E-state index is 14.3. The van der Waals surface area contributed by atoms with Gasteiger partial charge in [-0.2, -0.15) is 0 Å². The molecule has 1 aromatic carbocycles. The first-order chi connectivity index (χ1) is 34.4. The van der Waals surface area contributed by atoms with Crippen molar-refractivity contribution in [2.24, 2.45) is 28.9 Å². The van der Waals surface area contributed by atoms with Crippen molar-refractivity contribution < 1.29 is 48.3 Å². The van der Waals surface area contributed by atoms with E-state index in [-0.39, 0.29) is 95.9 Å². The minimum absolute atomic E-state index is 0.00136. The van der Waals surface area contributed by atoms with Crippen LogP contribution in [0.15, 0.2) is 30.3 Å². The second kappa shape index (κ2) is 34.6. The first kappa shape index (κ1) is 62.4. The first-order valence-electron chi connectivity index (χ1n) is 25.6. The molecule has 1 saturated heterocycles. The molecule has 1 aromatic rings. The molecule has 0 bridgehead atoms. The zero-order valence-corrected chi connectivity index (χ0v) is 42.7. The van der Waals surface area contributed by atoms with E-state index in [1.807, 2.05) is 13.8 Å². The maximum atomic E-state index is 14.3. The molecule has 0 unspecified atom stereocenters. The van der Waals surface area contributed by atoms with Crippen molar-refractivity contribution in [1.82, 2.24) is 47.9 Å². The maximum Gasteiger partial charge on any atom is 0.245 e. The van der Waals surface area contributed by atoms with Gasteiger partial charge in [0.25, 0.3) is 0 Å². The summed E-state index contributed by atoms with van der Waals surface area (Å²) < 4.78 is 0. The average Bonchev–Trinajstić information content (AvgIpc) is 3.33. The molecular formula is C49H85N13O10. The number of hydrogen-bond donors (Lipinski definition) is 14. The van der Waals surface area contributed by atoms with E-state index in [1.165, 1.54) is 6.92 Å². The van der Waals surface area contributed by atoms with E-state index in [1.54, 1.807) is 30.3 Å². The van der Waals surface area contributed by atoms with Crippen LogP contribution in [0.4, 0.5) is 0 Å². The van der Waals surface area contributed by atoms with Crippen LogP contribution < -0.4 is 70.8 Å². The fourth-order valence-electron chi connectivity index (χ4n) is 8.02. The third-order valence-electron chi connectivity index (χ3n) is 12.1. The average molecular weight is 1020 g/mol. The molecule has 0 radical (unpaired) electrons. The van der Waals surface area contributed by atoms with Crippen LogP contribution in [0.5, 0.6) is 0 Å². The molecule has 1 aliphatic rings. The van der Waals surface area contributed by atoms with Crippen LogP contribution in [-0.4, -0.2) is 145 Å². The summed E-state index contributed by atoms with van der Waals surface area (Å²) in [6.07, 6.45) is 4.93. The van der Waals surface area contributed by atoms with Gasteiger partial charge in [0.2, 0.25) is 53.2 Å². The summed E-state index contributed by atoms with van der Waals surface area (Å²) in [5.74, 6) is -7.18. The Morgan fingerprint density at radius 1 is 0.625 bits per heavy atom. The van der Waals surface area contributed by atoms with E-state index in [9.17, 15) is 48.3 Å². The Morgan fingerprint density at radius 3 is 1.64 bits per heavy atom. The monoisotopic (exact) mass is 1020 g/mol. The highest BCUT2D eigenvalue weighted by Crippen LogP contribution is 2.12. The minimum atomic E-state index is -1.60. The van der Waals surface area contributed by atoms with Crippen molar-refractivity contribution in [3.63, 3.8) is 0 Å². The van der Waals surface area contributed by atoms with Gasteiger partial charge in [-0.25, -0.2) is 0 Å². The van der Waals surface area contributed by atoms with Gasteiger partial charge < -0.3 is 75.9 Å². The number of carbonyl (C=O) groups excluding carboxylic acids is 9. The SMILES string of the molecule is CCCCCCCCCC(=O)N[C@H](CCN)C(=O)N[C@H]1CCNC(=O)[C@H]([C@@H](C)O)NC(=O)[C@H](CCN)NC(=O)[C@H](CCN)NC(=O)[C@H](CC(C)C)NC(=O)[C@@H](Cc2ccccc2)NC(=O)[C@H](CCN)NC1=O. The molecule has 406 valence electrons. The minimum Gasteiger partial charge on any atom is -0.391 e. The van der Waals surface area contributed by atoms with Crippen molar-refractivity contribution in [2.45, 2.75) is 178 Å². The molecule has 2 rings (SSSR count). The molecule has 0 saturated carbocycles. The van der Waals surface area contributed by atoms with Gasteiger partial charge in [0.15, 0.2) is 0 Å². The number of hydrogen-bond acceptors (Lipinski definition) is 14. The molecule has 0 aliphatic carbocycles. The van der Waals surface area contributed by atoms with Gasteiger partial charge in [-0.3, -0.25) is 43.2 Å². The van der Waals surface area contributed by atoms with E-state index in [2.05, 4.69) is 54.8 Å². The second-order valence-electron chi connectivity index (χ2n) is 18.8. The van der Waals surface area contributed by atoms with Crippen molar-refractivity contribution in [1.29, 1.82) is 0 Å². The van der Waals surface area contributed by atoms with Crippen LogP contribution in [0.1, 0.15) is 123 Å². The van der Waals surface area contributed by atoms with Gasteiger partial charge >= 0.3 is 0 Å². The van der Waals surface area contributed by atoms with E-state index in [0.29, 0.717) is 12.0 Å². The number of amides is 9. The second-order valence-corrected chi connectivity index (χ2v) is 18.8. The van der Waals surface area contributed by atoms with Crippen molar-refractivity contribution in [3.8, 4) is 0 Å². The summed E-state index contributed by atoms with van der Waals surface area (Å²) in [5.41, 5.74) is 24.1. The number of carbonyl (C=O) groups is 9. The molecule has 1 heterocycles. The Bertz CT molecular complexity index is 1870. The quantitative estimate of drug-likeness (QED) is 0.0480. The largest absolute Gasteiger partial charge is 0.391 e. The van der Waals surface area contributed by atoms with Gasteiger partial charge in [-0.1, -0.05) is 89.6 Å². The van der Waals surface area contributed by atoms with Crippen LogP contribution >= 0.6 is 0 Å². The van der Waals surface area contributed by atoms with E-state index in [4.69, 9.17) is 22.9 Å². The van der Waals surface area contributed by atoms with E-state index >= 15 is 0 Å². The lowest BCUT2D eigenvalue weighted by Crippen LogP contribution is -2.61. The number of benzene rings is 1. The predicted octanol–water partition coefficient (Wildman–Crippen LogP) is -2.41. The molecule has 18 N–H and O–H groups in total. The number of nitrogens with two attached hydrogens (primary N) is 4. The number of aliphatic hydroxyl groups excluding tert-OH is 1. The Kier molecular flexibility index (Phi) is 30.0. The molecule has 9 atom stereocenters. The highest BCUT2D eigenvalue weighted by Gasteiger charge is 2.36. The summed E-state index contributed by atoms with van der Waals surface area (Å²) in [7, 11) is 0. The van der Waals surface area contributed by atoms with Gasteiger partial charge in [0.05, 0.1) is 6.10 Å². The molecule has 1 aliphatic heterocycles. The normalized spacial score (nSPS) is 23.2. The van der Waals surface area contributed by atoms with Crippen LogP contribution in [0.2, 0.25) is 0 Å². The summed E-state index contributed by atoms with van der Waals surface area (Å²) in [6.45, 7) is 6.39. The molecule has 23 nitrogen and oxygen atoms in total. The summed E-state index contributed by atoms with van der Waals surface area (Å²) in [4.78, 5) is 125. The lowest BCUT2D eigenvalue weighted by atomic mass is 10.00. The third-order valence-corrected chi connectivity index (χ3v) is 12.1. The zero-order valence-electron chi connectivity index (χ0n) is 42.7. The lowest BCUT2D eigenvalue weighted by molar-refractivity contribution is -0.136. The van der Waals surface area contributed by atoms with Crippen LogP contribution in [0.25, 0.3) is 0 Å². The van der Waals surface area contributed by atoms with Crippen LogP contribution in [0, 0.1) is 5.92 Å². The standard InChI is InChI=1S/C49H85N13O10/c1-5-6-7-8-9-10-14-17-40(64)55-33(18-23-50)42(65)59-37-22-27-54-49(72)41(31(4)63)62-46(69)36(21-26-53)57-43(66)34(19-24-51)58-47(70)38(28-30(2)3)60-48(71)39(29-32-15-12-11-13-16-32)61-44(67)35(20-25-52)56-45(37)68/h11-13,15-16,30-31,33-39,41,63H,5-10,14,17-29,50-53H2,1-4H3,(H,54,72)(H,55,64)(H,56,68)(H,57,66)(H,58,70)(H,59,65)(H,60,71)(H,61,67)(H,62,69)/t31-,33-,34+,35+,36+,37+,38+,39-,41+/m1/s1. The molecule has 1 fully saturated rings. The van der Waals surface area contributed by atoms with E-state index in [0.717, 1.165) is 38.5 Å². The highest BCUT2D eigenvalue weighted by atomic mass is 16.3. The lowest BCUT2D eigenvalue weighted by Gasteiger charge is -2.28. The summed E-state index contributed by atoms with van der Waals surface area (Å²) in [6, 6.07) is -2.11. The number of nitrogens with one attached hydrogen (secondary N) is 9. The molecule has 0 spiro atoms. The Hall–Kier alpha value is -5.75. The molecule has 23 heteroatoms. The van der Waals surface area contributed by atoms with Crippen molar-refractivity contribution in [2.75, 3.05) is 32.7 Å². The Labute approximate surface area is 424 Å². The van der Waals surface area contributed by atoms with Gasteiger partial charge in [-0.15, -0.1) is 0 Å². The summed E-state index contributed by atoms with van der Waals surface area (Å²) >= 11 is 0. The first-order valence-corrected chi connectivity index (χ1v) is 25.6. The fraction of sp³-hybridized carbons (Fsp3) is 0.694. The number of unbranched alkanes of at least 4 members (excludes halogenated alkanes) is 6. The number of rotatable bonds is 24. The smallest absolute Gasteiger partial charge is 0.245 e. The van der Waals surface area contributed by atoms with Crippen molar-refractivity contribution in [3.05, 3.63) is 35.9 Å². The number of aliphatic hydroxyl groups is 1. The molecule has 9 amide bonds. The highest BCUT2D eigenvalue weighted by molar-refractivity contribution is 5.98. The predicted molar refractivity (Wildman–Crippen MR) is 272 cm³/mol. The fourth-order valence-corrected chi connectivity index (χ4v) is 8.02. The molecular weight excluding hydrogens is 931 g/mol. The molecule has 72 heavy (non-hydrogen) atoms. The van der Waals surface area contributed by atoms with Gasteiger partial charge in [0.1, 0.15) is 48.3 Å². The van der Waals surface area contributed by atoms with Crippen LogP contribution in [-0.2, 0) is 49.6 Å². The zero-order chi connectivity index (χ0) is 53.6.